The SMILES string of the molecule is COc1cccc2c1OC(C)(C)C[CH]2. The summed E-state index contributed by atoms with van der Waals surface area (Å²) in [5.74, 6) is 1.68. The van der Waals surface area contributed by atoms with E-state index in [0.29, 0.717) is 0 Å². The zero-order valence-electron chi connectivity index (χ0n) is 8.83. The molecular formula is C12H15O2. The molecule has 1 aromatic rings. The smallest absolute Gasteiger partial charge is 0.165 e. The van der Waals surface area contributed by atoms with E-state index in [1.807, 2.05) is 18.2 Å². The number of para-hydroxylation sites is 1. The summed E-state index contributed by atoms with van der Waals surface area (Å²) in [5, 5.41) is 0. The van der Waals surface area contributed by atoms with Gasteiger partial charge in [-0.05, 0) is 32.8 Å². The van der Waals surface area contributed by atoms with E-state index in [1.54, 1.807) is 7.11 Å². The molecule has 0 saturated carbocycles. The monoisotopic (exact) mass is 191 g/mol. The fourth-order valence-electron chi connectivity index (χ4n) is 1.64. The van der Waals surface area contributed by atoms with Crippen LogP contribution in [0.25, 0.3) is 0 Å². The molecule has 0 amide bonds. The molecule has 1 aliphatic rings. The van der Waals surface area contributed by atoms with Crippen molar-refractivity contribution in [2.24, 2.45) is 0 Å². The molecule has 14 heavy (non-hydrogen) atoms. The number of methoxy groups -OCH3 is 1. The molecule has 0 bridgehead atoms. The molecule has 0 saturated heterocycles. The minimum Gasteiger partial charge on any atom is -0.493 e. The van der Waals surface area contributed by atoms with Crippen LogP contribution in [0.1, 0.15) is 25.8 Å². The molecule has 0 N–H and O–H groups in total. The topological polar surface area (TPSA) is 18.5 Å². The van der Waals surface area contributed by atoms with E-state index in [-0.39, 0.29) is 5.60 Å². The minimum absolute atomic E-state index is 0.123. The molecule has 0 fully saturated rings. The summed E-state index contributed by atoms with van der Waals surface area (Å²) in [6.07, 6.45) is 3.13. The Kier molecular flexibility index (Phi) is 2.14. The van der Waals surface area contributed by atoms with Gasteiger partial charge in [0.1, 0.15) is 5.60 Å². The lowest BCUT2D eigenvalue weighted by Crippen LogP contribution is -2.31. The average molecular weight is 191 g/mol. The Balaban J connectivity index is 2.43. The highest BCUT2D eigenvalue weighted by atomic mass is 16.5. The van der Waals surface area contributed by atoms with E-state index in [1.165, 1.54) is 0 Å². The predicted octanol–water partition coefficient (Wildman–Crippen LogP) is 2.81. The third kappa shape index (κ3) is 1.57. The molecule has 1 aromatic carbocycles. The summed E-state index contributed by atoms with van der Waals surface area (Å²) in [6.45, 7) is 4.16. The molecule has 75 valence electrons. The van der Waals surface area contributed by atoms with Gasteiger partial charge in [-0.2, -0.15) is 0 Å². The van der Waals surface area contributed by atoms with Crippen LogP contribution in [0.3, 0.4) is 0 Å². The van der Waals surface area contributed by atoms with Gasteiger partial charge in [0.25, 0.3) is 0 Å². The van der Waals surface area contributed by atoms with Crippen molar-refractivity contribution in [1.82, 2.24) is 0 Å². The fraction of sp³-hybridized carbons (Fsp3) is 0.417. The van der Waals surface area contributed by atoms with Crippen LogP contribution in [0.5, 0.6) is 11.5 Å². The maximum atomic E-state index is 5.89. The summed E-state index contributed by atoms with van der Waals surface area (Å²) >= 11 is 0. The summed E-state index contributed by atoms with van der Waals surface area (Å²) < 4.78 is 11.1. The van der Waals surface area contributed by atoms with Gasteiger partial charge in [0.05, 0.1) is 7.11 Å². The zero-order valence-corrected chi connectivity index (χ0v) is 8.83. The van der Waals surface area contributed by atoms with Gasteiger partial charge in [-0.15, -0.1) is 0 Å². The molecular weight excluding hydrogens is 176 g/mol. The van der Waals surface area contributed by atoms with E-state index in [2.05, 4.69) is 20.3 Å². The number of ether oxygens (including phenoxy) is 2. The third-order valence-electron chi connectivity index (χ3n) is 2.42. The van der Waals surface area contributed by atoms with Gasteiger partial charge in [0.2, 0.25) is 0 Å². The Labute approximate surface area is 84.8 Å². The normalized spacial score (nSPS) is 18.2. The van der Waals surface area contributed by atoms with Crippen LogP contribution in [0.15, 0.2) is 18.2 Å². The summed E-state index contributed by atoms with van der Waals surface area (Å²) in [5.41, 5.74) is 1.01. The van der Waals surface area contributed by atoms with E-state index < -0.39 is 0 Å². The molecule has 1 heterocycles. The minimum atomic E-state index is -0.123. The predicted molar refractivity (Wildman–Crippen MR) is 55.7 cm³/mol. The van der Waals surface area contributed by atoms with E-state index in [4.69, 9.17) is 9.47 Å². The van der Waals surface area contributed by atoms with Crippen LogP contribution in [0, 0.1) is 6.42 Å². The second-order valence-corrected chi connectivity index (χ2v) is 4.15. The van der Waals surface area contributed by atoms with Crippen molar-refractivity contribution in [3.8, 4) is 11.5 Å². The van der Waals surface area contributed by atoms with Crippen LogP contribution in [-0.4, -0.2) is 12.7 Å². The number of rotatable bonds is 1. The van der Waals surface area contributed by atoms with E-state index >= 15 is 0 Å². The van der Waals surface area contributed by atoms with Crippen molar-refractivity contribution in [1.29, 1.82) is 0 Å². The molecule has 0 aliphatic carbocycles. The Morgan fingerprint density at radius 2 is 2.14 bits per heavy atom. The lowest BCUT2D eigenvalue weighted by Gasteiger charge is -2.33. The van der Waals surface area contributed by atoms with Gasteiger partial charge >= 0.3 is 0 Å². The second-order valence-electron chi connectivity index (χ2n) is 4.15. The molecule has 1 radical (unpaired) electrons. The Hall–Kier alpha value is -1.18. The fourth-order valence-corrected chi connectivity index (χ4v) is 1.64. The second kappa shape index (κ2) is 3.19. The van der Waals surface area contributed by atoms with Crippen molar-refractivity contribution in [2.45, 2.75) is 25.9 Å². The maximum absolute atomic E-state index is 5.89. The first kappa shape index (κ1) is 9.38. The lowest BCUT2D eigenvalue weighted by atomic mass is 9.94. The molecule has 0 aromatic heterocycles. The number of hydrogen-bond acceptors (Lipinski definition) is 2. The Morgan fingerprint density at radius 3 is 2.86 bits per heavy atom. The standard InChI is InChI=1S/C12H15O2/c1-12(2)8-7-9-5-4-6-10(13-3)11(9)14-12/h4-7H,8H2,1-3H3. The quantitative estimate of drug-likeness (QED) is 0.679. The number of hydrogen-bond donors (Lipinski definition) is 0. The summed E-state index contributed by atoms with van der Waals surface area (Å²) in [6, 6.07) is 5.96. The third-order valence-corrected chi connectivity index (χ3v) is 2.42. The van der Waals surface area contributed by atoms with Gasteiger partial charge in [-0.3, -0.25) is 0 Å². The van der Waals surface area contributed by atoms with Crippen molar-refractivity contribution in [3.63, 3.8) is 0 Å². The summed E-state index contributed by atoms with van der Waals surface area (Å²) in [4.78, 5) is 0. The molecule has 2 nitrogen and oxygen atoms in total. The first-order valence-electron chi connectivity index (χ1n) is 4.82. The van der Waals surface area contributed by atoms with Crippen molar-refractivity contribution in [3.05, 3.63) is 30.2 Å². The highest BCUT2D eigenvalue weighted by molar-refractivity contribution is 5.51. The molecule has 0 unspecified atom stereocenters. The van der Waals surface area contributed by atoms with Gasteiger partial charge < -0.3 is 9.47 Å². The molecule has 2 heteroatoms. The molecule has 0 spiro atoms. The van der Waals surface area contributed by atoms with E-state index in [9.17, 15) is 0 Å². The van der Waals surface area contributed by atoms with Crippen LogP contribution in [0.4, 0.5) is 0 Å². The Morgan fingerprint density at radius 1 is 1.36 bits per heavy atom. The van der Waals surface area contributed by atoms with E-state index in [0.717, 1.165) is 23.5 Å². The maximum Gasteiger partial charge on any atom is 0.165 e. The zero-order chi connectivity index (χ0) is 10.2. The van der Waals surface area contributed by atoms with Gasteiger partial charge in [0, 0.05) is 5.56 Å². The highest BCUT2D eigenvalue weighted by Gasteiger charge is 2.28. The van der Waals surface area contributed by atoms with Crippen LogP contribution in [0.2, 0.25) is 0 Å². The van der Waals surface area contributed by atoms with Crippen molar-refractivity contribution >= 4 is 0 Å². The lowest BCUT2D eigenvalue weighted by molar-refractivity contribution is 0.0942. The van der Waals surface area contributed by atoms with Crippen LogP contribution < -0.4 is 9.47 Å². The number of fused-ring (bicyclic) bond motifs is 1. The Bertz CT molecular complexity index is 328. The van der Waals surface area contributed by atoms with Gasteiger partial charge in [-0.25, -0.2) is 0 Å². The highest BCUT2D eigenvalue weighted by Crippen LogP contribution is 2.40. The molecule has 1 aliphatic heterocycles. The van der Waals surface area contributed by atoms with Crippen LogP contribution >= 0.6 is 0 Å². The van der Waals surface area contributed by atoms with Crippen molar-refractivity contribution in [2.75, 3.05) is 7.11 Å². The molecule has 0 atom stereocenters. The van der Waals surface area contributed by atoms with Crippen LogP contribution in [-0.2, 0) is 0 Å². The largest absolute Gasteiger partial charge is 0.493 e. The summed E-state index contributed by atoms with van der Waals surface area (Å²) in [7, 11) is 1.67. The van der Waals surface area contributed by atoms with Gasteiger partial charge in [-0.1, -0.05) is 12.1 Å². The average Bonchev–Trinajstić information content (AvgIpc) is 2.15. The van der Waals surface area contributed by atoms with Gasteiger partial charge in [0.15, 0.2) is 11.5 Å². The first-order valence-corrected chi connectivity index (χ1v) is 4.82. The molecule has 2 rings (SSSR count). The first-order chi connectivity index (χ1) is 6.62. The number of benzene rings is 1. The van der Waals surface area contributed by atoms with Crippen molar-refractivity contribution < 1.29 is 9.47 Å².